The Morgan fingerprint density at radius 3 is 2.85 bits per heavy atom. The highest BCUT2D eigenvalue weighted by Gasteiger charge is 2.18. The summed E-state index contributed by atoms with van der Waals surface area (Å²) in [5.74, 6) is -1.28. The van der Waals surface area contributed by atoms with Gasteiger partial charge in [-0.2, -0.15) is 0 Å². The number of rotatable bonds is 4. The molecule has 1 saturated heterocycles. The van der Waals surface area contributed by atoms with Gasteiger partial charge in [-0.05, 0) is 12.8 Å². The summed E-state index contributed by atoms with van der Waals surface area (Å²) < 4.78 is 5.22. The molecule has 13 heavy (non-hydrogen) atoms. The van der Waals surface area contributed by atoms with Crippen molar-refractivity contribution in [2.75, 3.05) is 13.2 Å². The molecule has 0 aromatic heterocycles. The van der Waals surface area contributed by atoms with E-state index in [0.29, 0.717) is 6.61 Å². The predicted octanol–water partition coefficient (Wildman–Crippen LogP) is -0.244. The number of hydrogen-bond donors (Lipinski definition) is 2. The second-order valence-electron chi connectivity index (χ2n) is 3.01. The monoisotopic (exact) mass is 187 g/mol. The fourth-order valence-corrected chi connectivity index (χ4v) is 1.26. The van der Waals surface area contributed by atoms with Gasteiger partial charge in [0.25, 0.3) is 0 Å². The smallest absolute Gasteiger partial charge is 0.322 e. The topological polar surface area (TPSA) is 75.6 Å². The molecule has 5 nitrogen and oxygen atoms in total. The van der Waals surface area contributed by atoms with Crippen molar-refractivity contribution < 1.29 is 19.4 Å². The van der Waals surface area contributed by atoms with E-state index in [2.05, 4.69) is 5.32 Å². The van der Waals surface area contributed by atoms with Crippen LogP contribution in [0.1, 0.15) is 19.3 Å². The van der Waals surface area contributed by atoms with Crippen LogP contribution in [0.5, 0.6) is 0 Å². The van der Waals surface area contributed by atoms with Crippen molar-refractivity contribution in [2.24, 2.45) is 0 Å². The summed E-state index contributed by atoms with van der Waals surface area (Å²) in [6, 6.07) is 0. The fourth-order valence-electron chi connectivity index (χ4n) is 1.26. The van der Waals surface area contributed by atoms with Crippen LogP contribution in [-0.4, -0.2) is 36.2 Å². The Bertz CT molecular complexity index is 198. The van der Waals surface area contributed by atoms with Gasteiger partial charge in [-0.25, -0.2) is 0 Å². The number of carboxylic acids is 1. The third kappa shape index (κ3) is 3.89. The van der Waals surface area contributed by atoms with E-state index in [1.54, 1.807) is 0 Å². The normalized spacial score (nSPS) is 21.4. The van der Waals surface area contributed by atoms with Crippen molar-refractivity contribution in [1.29, 1.82) is 0 Å². The Balaban J connectivity index is 2.13. The molecule has 5 heteroatoms. The maximum atomic E-state index is 11.0. The Morgan fingerprint density at radius 1 is 1.54 bits per heavy atom. The van der Waals surface area contributed by atoms with Crippen LogP contribution >= 0.6 is 0 Å². The minimum atomic E-state index is -1.03. The molecule has 0 aromatic carbocycles. The number of carbonyl (C=O) groups excluding carboxylic acids is 1. The van der Waals surface area contributed by atoms with Gasteiger partial charge in [-0.1, -0.05) is 0 Å². The second-order valence-corrected chi connectivity index (χ2v) is 3.01. The third-order valence-corrected chi connectivity index (χ3v) is 1.87. The first-order valence-electron chi connectivity index (χ1n) is 4.28. The average Bonchev–Trinajstić information content (AvgIpc) is 2.53. The van der Waals surface area contributed by atoms with Gasteiger partial charge in [0.2, 0.25) is 5.91 Å². The molecule has 2 N–H and O–H groups in total. The zero-order valence-corrected chi connectivity index (χ0v) is 7.28. The second kappa shape index (κ2) is 4.81. The molecule has 0 bridgehead atoms. The highest BCUT2D eigenvalue weighted by atomic mass is 16.5. The predicted molar refractivity (Wildman–Crippen MR) is 44.2 cm³/mol. The lowest BCUT2D eigenvalue weighted by Crippen LogP contribution is -2.31. The van der Waals surface area contributed by atoms with E-state index < -0.39 is 5.97 Å². The molecular formula is C8H13NO4. The maximum Gasteiger partial charge on any atom is 0.322 e. The first-order chi connectivity index (χ1) is 6.18. The molecule has 1 unspecified atom stereocenters. The Kier molecular flexibility index (Phi) is 3.70. The summed E-state index contributed by atoms with van der Waals surface area (Å²) in [4.78, 5) is 21.1. The zero-order valence-electron chi connectivity index (χ0n) is 7.28. The zero-order chi connectivity index (χ0) is 9.68. The molecule has 1 fully saturated rings. The number of amides is 1. The van der Waals surface area contributed by atoms with Gasteiger partial charge in [-0.15, -0.1) is 0 Å². The summed E-state index contributed by atoms with van der Waals surface area (Å²) in [6.45, 7) is 0.391. The highest BCUT2D eigenvalue weighted by Crippen LogP contribution is 2.14. The van der Waals surface area contributed by atoms with Gasteiger partial charge in [0.1, 0.15) is 6.54 Å². The van der Waals surface area contributed by atoms with Gasteiger partial charge >= 0.3 is 5.97 Å². The molecule has 0 saturated carbocycles. The number of aliphatic carboxylic acids is 1. The molecule has 1 atom stereocenters. The molecular weight excluding hydrogens is 174 g/mol. The van der Waals surface area contributed by atoms with E-state index >= 15 is 0 Å². The molecule has 1 aliphatic heterocycles. The van der Waals surface area contributed by atoms with E-state index in [-0.39, 0.29) is 25.0 Å². The van der Waals surface area contributed by atoms with Crippen LogP contribution in [0.3, 0.4) is 0 Å². The van der Waals surface area contributed by atoms with Gasteiger partial charge < -0.3 is 15.2 Å². The summed E-state index contributed by atoms with van der Waals surface area (Å²) in [6.07, 6.45) is 2.12. The van der Waals surface area contributed by atoms with E-state index in [0.717, 1.165) is 12.8 Å². The van der Waals surface area contributed by atoms with Crippen molar-refractivity contribution in [3.05, 3.63) is 0 Å². The van der Waals surface area contributed by atoms with Gasteiger partial charge in [0.05, 0.1) is 12.5 Å². The van der Waals surface area contributed by atoms with E-state index in [4.69, 9.17) is 9.84 Å². The average molecular weight is 187 g/mol. The molecule has 1 amide bonds. The molecule has 1 rings (SSSR count). The lowest BCUT2D eigenvalue weighted by Gasteiger charge is -2.07. The van der Waals surface area contributed by atoms with Crippen LogP contribution in [0.25, 0.3) is 0 Å². The lowest BCUT2D eigenvalue weighted by atomic mass is 10.2. The number of carboxylic acid groups (broad SMARTS) is 1. The first kappa shape index (κ1) is 9.98. The SMILES string of the molecule is O=C(O)CNC(=O)CC1CCCO1. The molecule has 74 valence electrons. The van der Waals surface area contributed by atoms with Crippen LogP contribution in [0.2, 0.25) is 0 Å². The minimum Gasteiger partial charge on any atom is -0.480 e. The molecule has 1 heterocycles. The highest BCUT2D eigenvalue weighted by molar-refractivity contribution is 5.81. The van der Waals surface area contributed by atoms with Crippen LogP contribution in [0.4, 0.5) is 0 Å². The van der Waals surface area contributed by atoms with Crippen molar-refractivity contribution >= 4 is 11.9 Å². The van der Waals surface area contributed by atoms with E-state index in [1.807, 2.05) is 0 Å². The molecule has 1 aliphatic rings. The summed E-state index contributed by atoms with van der Waals surface area (Å²) in [5.41, 5.74) is 0. The van der Waals surface area contributed by atoms with Crippen LogP contribution < -0.4 is 5.32 Å². The first-order valence-corrected chi connectivity index (χ1v) is 4.28. The Morgan fingerprint density at radius 2 is 2.31 bits per heavy atom. The summed E-state index contributed by atoms with van der Waals surface area (Å²) in [7, 11) is 0. The third-order valence-electron chi connectivity index (χ3n) is 1.87. The van der Waals surface area contributed by atoms with Crippen molar-refractivity contribution in [1.82, 2.24) is 5.32 Å². The van der Waals surface area contributed by atoms with Crippen LogP contribution in [0.15, 0.2) is 0 Å². The van der Waals surface area contributed by atoms with Gasteiger partial charge in [0, 0.05) is 6.61 Å². The molecule has 0 aliphatic carbocycles. The van der Waals surface area contributed by atoms with E-state index in [9.17, 15) is 9.59 Å². The van der Waals surface area contributed by atoms with Crippen LogP contribution in [0, 0.1) is 0 Å². The van der Waals surface area contributed by atoms with Gasteiger partial charge in [0.15, 0.2) is 0 Å². The number of ether oxygens (including phenoxy) is 1. The number of carbonyl (C=O) groups is 2. The Hall–Kier alpha value is -1.10. The molecule has 0 spiro atoms. The van der Waals surface area contributed by atoms with Crippen molar-refractivity contribution in [2.45, 2.75) is 25.4 Å². The fraction of sp³-hybridized carbons (Fsp3) is 0.750. The lowest BCUT2D eigenvalue weighted by molar-refractivity contribution is -0.138. The minimum absolute atomic E-state index is 0.0196. The van der Waals surface area contributed by atoms with Crippen LogP contribution in [-0.2, 0) is 14.3 Å². The van der Waals surface area contributed by atoms with E-state index in [1.165, 1.54) is 0 Å². The summed E-state index contributed by atoms with van der Waals surface area (Å²) >= 11 is 0. The largest absolute Gasteiger partial charge is 0.480 e. The quantitative estimate of drug-likeness (QED) is 0.636. The Labute approximate surface area is 76.1 Å². The molecule has 0 aromatic rings. The van der Waals surface area contributed by atoms with Gasteiger partial charge in [-0.3, -0.25) is 9.59 Å². The van der Waals surface area contributed by atoms with Crippen molar-refractivity contribution in [3.63, 3.8) is 0 Å². The summed E-state index contributed by atoms with van der Waals surface area (Å²) in [5, 5.41) is 10.6. The standard InChI is InChI=1S/C8H13NO4/c10-7(9-5-8(11)12)4-6-2-1-3-13-6/h6H,1-5H2,(H,9,10)(H,11,12). The molecule has 0 radical (unpaired) electrons. The number of hydrogen-bond acceptors (Lipinski definition) is 3. The maximum absolute atomic E-state index is 11.0. The number of nitrogens with one attached hydrogen (secondary N) is 1. The van der Waals surface area contributed by atoms with Crippen molar-refractivity contribution in [3.8, 4) is 0 Å².